The summed E-state index contributed by atoms with van der Waals surface area (Å²) in [4.78, 5) is 13.4. The van der Waals surface area contributed by atoms with Gasteiger partial charge in [0.1, 0.15) is 6.04 Å². The average molecular weight is 278 g/mol. The number of ether oxygens (including phenoxy) is 1. The van der Waals surface area contributed by atoms with Crippen molar-refractivity contribution in [1.29, 1.82) is 0 Å². The molecule has 0 aromatic heterocycles. The summed E-state index contributed by atoms with van der Waals surface area (Å²) in [5.41, 5.74) is 1.98. The number of nitrogens with zero attached hydrogens (tertiary/aromatic N) is 1. The summed E-state index contributed by atoms with van der Waals surface area (Å²) in [6.45, 7) is 7.11. The molecular formula is C15H22N2O3. The zero-order valence-electron chi connectivity index (χ0n) is 12.0. The summed E-state index contributed by atoms with van der Waals surface area (Å²) in [6.07, 6.45) is 0. The van der Waals surface area contributed by atoms with Crippen LogP contribution in [0, 0.1) is 5.92 Å². The second-order valence-corrected chi connectivity index (χ2v) is 5.35. The molecule has 0 bridgehead atoms. The van der Waals surface area contributed by atoms with Gasteiger partial charge >= 0.3 is 5.97 Å². The van der Waals surface area contributed by atoms with E-state index in [-0.39, 0.29) is 5.92 Å². The number of rotatable bonds is 5. The largest absolute Gasteiger partial charge is 0.480 e. The van der Waals surface area contributed by atoms with E-state index in [0.29, 0.717) is 0 Å². The van der Waals surface area contributed by atoms with Crippen molar-refractivity contribution in [3.63, 3.8) is 0 Å². The van der Waals surface area contributed by atoms with Gasteiger partial charge in [-0.2, -0.15) is 0 Å². The van der Waals surface area contributed by atoms with Gasteiger partial charge in [0.25, 0.3) is 0 Å². The zero-order chi connectivity index (χ0) is 14.5. The number of nitrogens with one attached hydrogen (secondary N) is 1. The fourth-order valence-corrected chi connectivity index (χ4v) is 2.28. The lowest BCUT2D eigenvalue weighted by Gasteiger charge is -2.29. The molecule has 1 atom stereocenters. The van der Waals surface area contributed by atoms with Crippen LogP contribution in [0.4, 0.5) is 11.4 Å². The van der Waals surface area contributed by atoms with Crippen LogP contribution < -0.4 is 10.2 Å². The Hall–Kier alpha value is -1.75. The van der Waals surface area contributed by atoms with Crippen LogP contribution in [0.2, 0.25) is 0 Å². The molecule has 1 aliphatic rings. The number of carboxylic acids is 1. The van der Waals surface area contributed by atoms with Gasteiger partial charge in [-0.15, -0.1) is 0 Å². The van der Waals surface area contributed by atoms with E-state index in [1.54, 1.807) is 0 Å². The van der Waals surface area contributed by atoms with E-state index in [1.165, 1.54) is 0 Å². The van der Waals surface area contributed by atoms with E-state index in [0.717, 1.165) is 37.7 Å². The topological polar surface area (TPSA) is 61.8 Å². The minimum absolute atomic E-state index is 0.0337. The molecule has 20 heavy (non-hydrogen) atoms. The average Bonchev–Trinajstić information content (AvgIpc) is 2.45. The molecular weight excluding hydrogens is 256 g/mol. The maximum atomic E-state index is 11.2. The van der Waals surface area contributed by atoms with Gasteiger partial charge in [0.2, 0.25) is 0 Å². The standard InChI is InChI=1S/C15H22N2O3/c1-11(2)14(15(18)19)16-12-3-5-13(6-4-12)17-7-9-20-10-8-17/h3-6,11,14,16H,7-10H2,1-2H3,(H,18,19). The lowest BCUT2D eigenvalue weighted by Crippen LogP contribution is -2.36. The number of carboxylic acid groups (broad SMARTS) is 1. The van der Waals surface area contributed by atoms with Gasteiger partial charge in [0.15, 0.2) is 0 Å². The molecule has 1 saturated heterocycles. The van der Waals surface area contributed by atoms with E-state index >= 15 is 0 Å². The Kier molecular flexibility index (Phi) is 4.84. The van der Waals surface area contributed by atoms with Gasteiger partial charge in [-0.05, 0) is 30.2 Å². The van der Waals surface area contributed by atoms with Crippen LogP contribution in [0.1, 0.15) is 13.8 Å². The third-order valence-electron chi connectivity index (χ3n) is 3.50. The Labute approximate surface area is 119 Å². The molecule has 1 aromatic rings. The molecule has 110 valence electrons. The highest BCUT2D eigenvalue weighted by atomic mass is 16.5. The maximum absolute atomic E-state index is 11.2. The van der Waals surface area contributed by atoms with E-state index in [4.69, 9.17) is 4.74 Å². The Morgan fingerprint density at radius 2 is 1.85 bits per heavy atom. The molecule has 2 rings (SSSR count). The fraction of sp³-hybridized carbons (Fsp3) is 0.533. The van der Waals surface area contributed by atoms with Crippen LogP contribution in [-0.2, 0) is 9.53 Å². The second-order valence-electron chi connectivity index (χ2n) is 5.35. The van der Waals surface area contributed by atoms with Gasteiger partial charge in [-0.1, -0.05) is 13.8 Å². The minimum Gasteiger partial charge on any atom is -0.480 e. The van der Waals surface area contributed by atoms with Crippen molar-refractivity contribution in [2.45, 2.75) is 19.9 Å². The van der Waals surface area contributed by atoms with Crippen molar-refractivity contribution in [2.24, 2.45) is 5.92 Å². The Morgan fingerprint density at radius 3 is 2.35 bits per heavy atom. The number of aliphatic carboxylic acids is 1. The van der Waals surface area contributed by atoms with E-state index in [1.807, 2.05) is 38.1 Å². The predicted octanol–water partition coefficient (Wildman–Crippen LogP) is 2.04. The summed E-state index contributed by atoms with van der Waals surface area (Å²) >= 11 is 0. The van der Waals surface area contributed by atoms with Crippen molar-refractivity contribution in [3.8, 4) is 0 Å². The van der Waals surface area contributed by atoms with E-state index < -0.39 is 12.0 Å². The highest BCUT2D eigenvalue weighted by molar-refractivity contribution is 5.77. The van der Waals surface area contributed by atoms with Crippen molar-refractivity contribution >= 4 is 17.3 Å². The lowest BCUT2D eigenvalue weighted by atomic mass is 10.0. The molecule has 1 unspecified atom stereocenters. The molecule has 0 spiro atoms. The van der Waals surface area contributed by atoms with Crippen molar-refractivity contribution < 1.29 is 14.6 Å². The Morgan fingerprint density at radius 1 is 1.25 bits per heavy atom. The molecule has 5 nitrogen and oxygen atoms in total. The summed E-state index contributed by atoms with van der Waals surface area (Å²) < 4.78 is 5.33. The molecule has 1 aromatic carbocycles. The van der Waals surface area contributed by atoms with Crippen molar-refractivity contribution in [3.05, 3.63) is 24.3 Å². The Bertz CT molecular complexity index is 439. The predicted molar refractivity (Wildman–Crippen MR) is 79.4 cm³/mol. The molecule has 0 radical (unpaired) electrons. The first-order valence-electron chi connectivity index (χ1n) is 7.00. The normalized spacial score (nSPS) is 17.1. The smallest absolute Gasteiger partial charge is 0.326 e. The van der Waals surface area contributed by atoms with E-state index in [9.17, 15) is 9.90 Å². The Balaban J connectivity index is 2.02. The third kappa shape index (κ3) is 3.63. The first kappa shape index (κ1) is 14.7. The SMILES string of the molecule is CC(C)C(Nc1ccc(N2CCOCC2)cc1)C(=O)O. The zero-order valence-corrected chi connectivity index (χ0v) is 12.0. The van der Waals surface area contributed by atoms with Gasteiger partial charge < -0.3 is 20.1 Å². The summed E-state index contributed by atoms with van der Waals surface area (Å²) in [5, 5.41) is 12.2. The number of morpholine rings is 1. The molecule has 1 heterocycles. The van der Waals surface area contributed by atoms with Crippen LogP contribution in [0.3, 0.4) is 0 Å². The second kappa shape index (κ2) is 6.61. The molecule has 5 heteroatoms. The molecule has 0 amide bonds. The van der Waals surface area contributed by atoms with Gasteiger partial charge in [-0.3, -0.25) is 0 Å². The monoisotopic (exact) mass is 278 g/mol. The number of carbonyl (C=O) groups is 1. The van der Waals surface area contributed by atoms with E-state index in [2.05, 4.69) is 10.2 Å². The van der Waals surface area contributed by atoms with Crippen LogP contribution in [0.25, 0.3) is 0 Å². The summed E-state index contributed by atoms with van der Waals surface area (Å²) in [5.74, 6) is -0.788. The summed E-state index contributed by atoms with van der Waals surface area (Å²) in [7, 11) is 0. The highest BCUT2D eigenvalue weighted by Gasteiger charge is 2.21. The van der Waals surface area contributed by atoms with Crippen molar-refractivity contribution in [1.82, 2.24) is 0 Å². The van der Waals surface area contributed by atoms with Crippen LogP contribution in [0.5, 0.6) is 0 Å². The number of anilines is 2. The maximum Gasteiger partial charge on any atom is 0.326 e. The first-order valence-corrected chi connectivity index (χ1v) is 7.00. The fourth-order valence-electron chi connectivity index (χ4n) is 2.28. The molecule has 2 N–H and O–H groups in total. The first-order chi connectivity index (χ1) is 9.58. The lowest BCUT2D eigenvalue weighted by molar-refractivity contribution is -0.138. The van der Waals surface area contributed by atoms with Crippen molar-refractivity contribution in [2.75, 3.05) is 36.5 Å². The van der Waals surface area contributed by atoms with Crippen LogP contribution in [-0.4, -0.2) is 43.4 Å². The van der Waals surface area contributed by atoms with Crippen LogP contribution >= 0.6 is 0 Å². The number of benzene rings is 1. The minimum atomic E-state index is -0.822. The summed E-state index contributed by atoms with van der Waals surface area (Å²) in [6, 6.07) is 7.34. The third-order valence-corrected chi connectivity index (χ3v) is 3.50. The highest BCUT2D eigenvalue weighted by Crippen LogP contribution is 2.20. The van der Waals surface area contributed by atoms with Gasteiger partial charge in [0, 0.05) is 24.5 Å². The van der Waals surface area contributed by atoms with Gasteiger partial charge in [-0.25, -0.2) is 4.79 Å². The van der Waals surface area contributed by atoms with Crippen LogP contribution in [0.15, 0.2) is 24.3 Å². The number of hydrogen-bond acceptors (Lipinski definition) is 4. The van der Waals surface area contributed by atoms with Gasteiger partial charge in [0.05, 0.1) is 13.2 Å². The molecule has 1 aliphatic heterocycles. The number of hydrogen-bond donors (Lipinski definition) is 2. The molecule has 0 aliphatic carbocycles. The molecule has 0 saturated carbocycles. The quantitative estimate of drug-likeness (QED) is 0.863. The molecule has 1 fully saturated rings.